The highest BCUT2D eigenvalue weighted by molar-refractivity contribution is 7.09. The molecule has 0 aliphatic heterocycles. The molecule has 106 valence electrons. The SMILES string of the molecule is COC(=O)Cn1ncc(NCc2cccs2)c(Cl)c1=O. The summed E-state index contributed by atoms with van der Waals surface area (Å²) in [6.45, 7) is 0.291. The van der Waals surface area contributed by atoms with Crippen molar-refractivity contribution in [2.75, 3.05) is 12.4 Å². The number of anilines is 1. The molecule has 0 fully saturated rings. The van der Waals surface area contributed by atoms with Crippen molar-refractivity contribution >= 4 is 34.6 Å². The fourth-order valence-corrected chi connectivity index (χ4v) is 2.34. The fraction of sp³-hybridized carbons (Fsp3) is 0.250. The van der Waals surface area contributed by atoms with E-state index in [-0.39, 0.29) is 11.6 Å². The number of nitrogens with zero attached hydrogens (tertiary/aromatic N) is 2. The molecule has 2 heterocycles. The molecule has 2 rings (SSSR count). The van der Waals surface area contributed by atoms with Gasteiger partial charge in [0.25, 0.3) is 5.56 Å². The first-order valence-electron chi connectivity index (χ1n) is 5.70. The van der Waals surface area contributed by atoms with E-state index in [2.05, 4.69) is 15.2 Å². The van der Waals surface area contributed by atoms with Crippen LogP contribution >= 0.6 is 22.9 Å². The van der Waals surface area contributed by atoms with Gasteiger partial charge in [0, 0.05) is 11.4 Å². The molecule has 0 saturated heterocycles. The minimum atomic E-state index is -0.560. The summed E-state index contributed by atoms with van der Waals surface area (Å²) in [7, 11) is 1.24. The zero-order valence-corrected chi connectivity index (χ0v) is 12.2. The molecule has 2 aromatic rings. The fourth-order valence-electron chi connectivity index (χ4n) is 1.48. The highest BCUT2D eigenvalue weighted by Crippen LogP contribution is 2.17. The molecule has 8 heteroatoms. The molecule has 0 radical (unpaired) electrons. The third kappa shape index (κ3) is 3.37. The van der Waals surface area contributed by atoms with Crippen molar-refractivity contribution in [3.05, 3.63) is 44.0 Å². The number of hydrogen-bond acceptors (Lipinski definition) is 6. The van der Waals surface area contributed by atoms with E-state index in [1.165, 1.54) is 13.3 Å². The van der Waals surface area contributed by atoms with Crippen molar-refractivity contribution in [3.8, 4) is 0 Å². The maximum atomic E-state index is 11.9. The monoisotopic (exact) mass is 313 g/mol. The predicted molar refractivity (Wildman–Crippen MR) is 77.2 cm³/mol. The van der Waals surface area contributed by atoms with E-state index in [9.17, 15) is 9.59 Å². The van der Waals surface area contributed by atoms with Crippen molar-refractivity contribution in [3.63, 3.8) is 0 Å². The molecular weight excluding hydrogens is 302 g/mol. The van der Waals surface area contributed by atoms with Crippen LogP contribution in [0.2, 0.25) is 5.02 Å². The van der Waals surface area contributed by atoms with E-state index in [4.69, 9.17) is 11.6 Å². The number of esters is 1. The van der Waals surface area contributed by atoms with Gasteiger partial charge in [-0.05, 0) is 11.4 Å². The maximum absolute atomic E-state index is 11.9. The Labute approximate surface area is 123 Å². The number of thiophene rings is 1. The van der Waals surface area contributed by atoms with E-state index < -0.39 is 11.5 Å². The van der Waals surface area contributed by atoms with Gasteiger partial charge < -0.3 is 10.1 Å². The summed E-state index contributed by atoms with van der Waals surface area (Å²) in [6.07, 6.45) is 1.42. The van der Waals surface area contributed by atoms with Crippen LogP contribution in [0.4, 0.5) is 5.69 Å². The molecule has 0 amide bonds. The van der Waals surface area contributed by atoms with Crippen molar-refractivity contribution in [2.45, 2.75) is 13.1 Å². The minimum Gasteiger partial charge on any atom is -0.468 e. The Bertz CT molecular complexity index is 654. The van der Waals surface area contributed by atoms with Gasteiger partial charge >= 0.3 is 5.97 Å². The Balaban J connectivity index is 2.14. The summed E-state index contributed by atoms with van der Waals surface area (Å²) in [6, 6.07) is 3.91. The van der Waals surface area contributed by atoms with Gasteiger partial charge in [0.15, 0.2) is 0 Å². The zero-order chi connectivity index (χ0) is 14.5. The predicted octanol–water partition coefficient (Wildman–Crippen LogP) is 1.74. The largest absolute Gasteiger partial charge is 0.468 e. The summed E-state index contributed by atoms with van der Waals surface area (Å²) in [5.41, 5.74) is -0.0978. The second kappa shape index (κ2) is 6.53. The van der Waals surface area contributed by atoms with Crippen LogP contribution in [-0.4, -0.2) is 22.9 Å². The van der Waals surface area contributed by atoms with E-state index in [0.717, 1.165) is 9.56 Å². The van der Waals surface area contributed by atoms with Crippen molar-refractivity contribution < 1.29 is 9.53 Å². The Morgan fingerprint density at radius 3 is 3.05 bits per heavy atom. The summed E-state index contributed by atoms with van der Waals surface area (Å²) in [5, 5.41) is 8.89. The molecule has 20 heavy (non-hydrogen) atoms. The lowest BCUT2D eigenvalue weighted by Gasteiger charge is -2.09. The topological polar surface area (TPSA) is 73.2 Å². The third-order valence-electron chi connectivity index (χ3n) is 2.52. The maximum Gasteiger partial charge on any atom is 0.327 e. The van der Waals surface area contributed by atoms with Gasteiger partial charge in [-0.25, -0.2) is 4.68 Å². The lowest BCUT2D eigenvalue weighted by Crippen LogP contribution is -2.28. The molecule has 0 aliphatic carbocycles. The molecule has 1 N–H and O–H groups in total. The molecule has 2 aromatic heterocycles. The average Bonchev–Trinajstić information content (AvgIpc) is 2.96. The number of halogens is 1. The number of hydrogen-bond donors (Lipinski definition) is 1. The van der Waals surface area contributed by atoms with Gasteiger partial charge in [-0.15, -0.1) is 11.3 Å². The van der Waals surface area contributed by atoms with Crippen LogP contribution in [0, 0.1) is 0 Å². The highest BCUT2D eigenvalue weighted by atomic mass is 35.5. The van der Waals surface area contributed by atoms with Crippen LogP contribution in [0.25, 0.3) is 0 Å². The normalized spacial score (nSPS) is 10.3. The zero-order valence-electron chi connectivity index (χ0n) is 10.6. The highest BCUT2D eigenvalue weighted by Gasteiger charge is 2.12. The molecule has 0 unspecified atom stereocenters. The molecule has 0 aromatic carbocycles. The van der Waals surface area contributed by atoms with Gasteiger partial charge in [-0.1, -0.05) is 17.7 Å². The van der Waals surface area contributed by atoms with Gasteiger partial charge in [0.1, 0.15) is 11.6 Å². The van der Waals surface area contributed by atoms with Crippen LogP contribution in [0.3, 0.4) is 0 Å². The van der Waals surface area contributed by atoms with E-state index >= 15 is 0 Å². The third-order valence-corrected chi connectivity index (χ3v) is 3.77. The Hall–Kier alpha value is -1.86. The molecule has 0 atom stereocenters. The molecule has 6 nitrogen and oxygen atoms in total. The van der Waals surface area contributed by atoms with Crippen LogP contribution in [0.15, 0.2) is 28.5 Å². The van der Waals surface area contributed by atoms with E-state index in [0.29, 0.717) is 12.2 Å². The molecule has 0 saturated carbocycles. The summed E-state index contributed by atoms with van der Waals surface area (Å²) in [5.74, 6) is -0.560. The second-order valence-electron chi connectivity index (χ2n) is 3.84. The number of ether oxygens (including phenoxy) is 1. The van der Waals surface area contributed by atoms with E-state index in [1.54, 1.807) is 11.3 Å². The molecule has 0 bridgehead atoms. The van der Waals surface area contributed by atoms with Crippen LogP contribution < -0.4 is 10.9 Å². The Morgan fingerprint density at radius 1 is 1.60 bits per heavy atom. The molecule has 0 spiro atoms. The first-order chi connectivity index (χ1) is 9.61. The summed E-state index contributed by atoms with van der Waals surface area (Å²) >= 11 is 7.58. The van der Waals surface area contributed by atoms with E-state index in [1.807, 2.05) is 17.5 Å². The van der Waals surface area contributed by atoms with Crippen molar-refractivity contribution in [2.24, 2.45) is 0 Å². The smallest absolute Gasteiger partial charge is 0.327 e. The number of aromatic nitrogens is 2. The van der Waals surface area contributed by atoms with Crippen LogP contribution in [-0.2, 0) is 22.6 Å². The molecular formula is C12H12ClN3O3S. The second-order valence-corrected chi connectivity index (χ2v) is 5.25. The standard InChI is InChI=1S/C12H12ClN3O3S/c1-19-10(17)7-16-12(18)11(13)9(6-15-16)14-5-8-3-2-4-20-8/h2-4,6,14H,5,7H2,1H3. The van der Waals surface area contributed by atoms with Gasteiger partial charge in [0.05, 0.1) is 19.0 Å². The lowest BCUT2D eigenvalue weighted by atomic mass is 10.4. The van der Waals surface area contributed by atoms with Gasteiger partial charge in [-0.2, -0.15) is 5.10 Å². The lowest BCUT2D eigenvalue weighted by molar-refractivity contribution is -0.141. The van der Waals surface area contributed by atoms with Gasteiger partial charge in [0.2, 0.25) is 0 Å². The first kappa shape index (κ1) is 14.5. The number of carbonyl (C=O) groups is 1. The van der Waals surface area contributed by atoms with Crippen molar-refractivity contribution in [1.82, 2.24) is 9.78 Å². The Morgan fingerprint density at radius 2 is 2.40 bits per heavy atom. The van der Waals surface area contributed by atoms with Gasteiger partial charge in [-0.3, -0.25) is 9.59 Å². The average molecular weight is 314 g/mol. The number of nitrogens with one attached hydrogen (secondary N) is 1. The Kier molecular flexibility index (Phi) is 4.75. The van der Waals surface area contributed by atoms with Crippen molar-refractivity contribution in [1.29, 1.82) is 0 Å². The number of methoxy groups -OCH3 is 1. The first-order valence-corrected chi connectivity index (χ1v) is 6.96. The quantitative estimate of drug-likeness (QED) is 0.851. The summed E-state index contributed by atoms with van der Waals surface area (Å²) in [4.78, 5) is 24.2. The molecule has 0 aliphatic rings. The number of rotatable bonds is 5. The minimum absolute atomic E-state index is 0.000425. The number of carbonyl (C=O) groups excluding carboxylic acids is 1. The van der Waals surface area contributed by atoms with Crippen LogP contribution in [0.1, 0.15) is 4.88 Å². The summed E-state index contributed by atoms with van der Waals surface area (Å²) < 4.78 is 5.44. The van der Waals surface area contributed by atoms with Crippen LogP contribution in [0.5, 0.6) is 0 Å².